The normalized spacial score (nSPS) is 12.1. The van der Waals surface area contributed by atoms with Gasteiger partial charge in [0.1, 0.15) is 5.01 Å². The summed E-state index contributed by atoms with van der Waals surface area (Å²) in [5.41, 5.74) is 5.72. The van der Waals surface area contributed by atoms with Crippen LogP contribution in [0.3, 0.4) is 0 Å². The third kappa shape index (κ3) is 4.97. The van der Waals surface area contributed by atoms with E-state index in [0.717, 1.165) is 17.8 Å². The van der Waals surface area contributed by atoms with Crippen LogP contribution in [-0.2, 0) is 11.2 Å². The molecule has 1 amide bonds. The second kappa shape index (κ2) is 7.58. The third-order valence-electron chi connectivity index (χ3n) is 2.18. The van der Waals surface area contributed by atoms with E-state index < -0.39 is 6.04 Å². The van der Waals surface area contributed by atoms with Gasteiger partial charge in [0.25, 0.3) is 0 Å². The molecule has 0 radical (unpaired) electrons. The molecule has 1 atom stereocenters. The van der Waals surface area contributed by atoms with E-state index in [1.54, 1.807) is 0 Å². The van der Waals surface area contributed by atoms with Gasteiger partial charge in [-0.25, -0.2) is 0 Å². The van der Waals surface area contributed by atoms with E-state index >= 15 is 0 Å². The summed E-state index contributed by atoms with van der Waals surface area (Å²) >= 11 is 1.41. The Morgan fingerprint density at radius 2 is 2.12 bits per heavy atom. The molecule has 1 aromatic heterocycles. The van der Waals surface area contributed by atoms with Crippen molar-refractivity contribution in [1.29, 1.82) is 0 Å². The lowest BCUT2D eigenvalue weighted by Gasteiger charge is -2.13. The minimum absolute atomic E-state index is 0. The van der Waals surface area contributed by atoms with Crippen LogP contribution in [0.25, 0.3) is 0 Å². The van der Waals surface area contributed by atoms with Crippen molar-refractivity contribution >= 4 is 34.8 Å². The van der Waals surface area contributed by atoms with Crippen molar-refractivity contribution in [3.63, 3.8) is 0 Å². The summed E-state index contributed by atoms with van der Waals surface area (Å²) in [7, 11) is 0. The highest BCUT2D eigenvalue weighted by molar-refractivity contribution is 7.15. The first-order valence-corrected chi connectivity index (χ1v) is 6.25. The van der Waals surface area contributed by atoms with Gasteiger partial charge >= 0.3 is 0 Å². The van der Waals surface area contributed by atoms with Crippen molar-refractivity contribution in [2.75, 3.05) is 5.32 Å². The Bertz CT molecular complexity index is 356. The lowest BCUT2D eigenvalue weighted by Crippen LogP contribution is -2.39. The number of nitrogens with two attached hydrogens (primary N) is 1. The molecule has 1 heterocycles. The molecule has 3 N–H and O–H groups in total. The quantitative estimate of drug-likeness (QED) is 0.861. The molecule has 0 spiro atoms. The van der Waals surface area contributed by atoms with Crippen molar-refractivity contribution in [2.24, 2.45) is 11.7 Å². The molecule has 0 saturated carbocycles. The standard InChI is InChI=1S/C10H18N4OS.ClH/c1-4-5-7-13-14-10(16-7)12-9(15)8(11)6(2)3;/h6,8H,4-5,11H2,1-3H3,(H,12,14,15);1H. The third-order valence-corrected chi connectivity index (χ3v) is 3.08. The van der Waals surface area contributed by atoms with E-state index in [4.69, 9.17) is 5.73 Å². The molecule has 1 aromatic rings. The van der Waals surface area contributed by atoms with Crippen molar-refractivity contribution in [1.82, 2.24) is 10.2 Å². The minimum Gasteiger partial charge on any atom is -0.320 e. The zero-order valence-electron chi connectivity index (χ0n) is 10.3. The molecular formula is C10H19ClN4OS. The van der Waals surface area contributed by atoms with Gasteiger partial charge in [-0.1, -0.05) is 32.1 Å². The van der Waals surface area contributed by atoms with Crippen molar-refractivity contribution < 1.29 is 4.79 Å². The molecule has 0 aliphatic rings. The van der Waals surface area contributed by atoms with E-state index in [1.807, 2.05) is 13.8 Å². The summed E-state index contributed by atoms with van der Waals surface area (Å²) in [6.07, 6.45) is 1.91. The average molecular weight is 279 g/mol. The Hall–Kier alpha value is -0.720. The number of carbonyl (C=O) groups excluding carboxylic acids is 1. The van der Waals surface area contributed by atoms with Crippen LogP contribution < -0.4 is 11.1 Å². The number of amides is 1. The van der Waals surface area contributed by atoms with Crippen LogP contribution in [0.5, 0.6) is 0 Å². The first kappa shape index (κ1) is 16.3. The van der Waals surface area contributed by atoms with E-state index in [1.165, 1.54) is 11.3 Å². The van der Waals surface area contributed by atoms with Gasteiger partial charge in [-0.2, -0.15) is 0 Å². The number of aromatic nitrogens is 2. The van der Waals surface area contributed by atoms with Crippen LogP contribution >= 0.6 is 23.7 Å². The Kier molecular flexibility index (Phi) is 7.26. The fourth-order valence-electron chi connectivity index (χ4n) is 1.11. The van der Waals surface area contributed by atoms with Crippen LogP contribution in [0.2, 0.25) is 0 Å². The Morgan fingerprint density at radius 3 is 2.65 bits per heavy atom. The number of halogens is 1. The molecule has 0 saturated heterocycles. The number of nitrogens with zero attached hydrogens (tertiary/aromatic N) is 2. The molecule has 7 heteroatoms. The summed E-state index contributed by atoms with van der Waals surface area (Å²) in [5, 5.41) is 12.0. The van der Waals surface area contributed by atoms with Gasteiger partial charge in [0.2, 0.25) is 11.0 Å². The summed E-state index contributed by atoms with van der Waals surface area (Å²) in [6.45, 7) is 5.90. The molecule has 0 aliphatic heterocycles. The molecule has 1 rings (SSSR count). The first-order chi connectivity index (χ1) is 7.54. The fraction of sp³-hybridized carbons (Fsp3) is 0.700. The summed E-state index contributed by atoms with van der Waals surface area (Å²) < 4.78 is 0. The number of hydrogen-bond donors (Lipinski definition) is 2. The predicted octanol–water partition coefficient (Wildman–Crippen LogP) is 1.83. The summed E-state index contributed by atoms with van der Waals surface area (Å²) in [6, 6.07) is -0.501. The number of hydrogen-bond acceptors (Lipinski definition) is 5. The number of aryl methyl sites for hydroxylation is 1. The molecule has 17 heavy (non-hydrogen) atoms. The number of rotatable bonds is 5. The van der Waals surface area contributed by atoms with E-state index in [2.05, 4.69) is 22.4 Å². The van der Waals surface area contributed by atoms with Crippen LogP contribution in [0.15, 0.2) is 0 Å². The van der Waals surface area contributed by atoms with E-state index in [0.29, 0.717) is 5.13 Å². The van der Waals surface area contributed by atoms with Crippen LogP contribution in [-0.4, -0.2) is 22.1 Å². The molecule has 98 valence electrons. The molecule has 0 aromatic carbocycles. The van der Waals surface area contributed by atoms with E-state index in [9.17, 15) is 4.79 Å². The SMILES string of the molecule is CCCc1nnc(NC(=O)C(N)C(C)C)s1.Cl. The maximum absolute atomic E-state index is 11.6. The zero-order chi connectivity index (χ0) is 12.1. The number of anilines is 1. The van der Waals surface area contributed by atoms with Gasteiger partial charge in [0.15, 0.2) is 0 Å². The lowest BCUT2D eigenvalue weighted by molar-refractivity contribution is -0.118. The van der Waals surface area contributed by atoms with Crippen molar-refractivity contribution in [3.05, 3.63) is 5.01 Å². The molecule has 0 aliphatic carbocycles. The monoisotopic (exact) mass is 278 g/mol. The van der Waals surface area contributed by atoms with Gasteiger partial charge in [0, 0.05) is 6.42 Å². The van der Waals surface area contributed by atoms with Gasteiger partial charge in [0.05, 0.1) is 6.04 Å². The highest BCUT2D eigenvalue weighted by Gasteiger charge is 2.18. The number of nitrogens with one attached hydrogen (secondary N) is 1. The fourth-order valence-corrected chi connectivity index (χ4v) is 1.95. The molecule has 5 nitrogen and oxygen atoms in total. The van der Waals surface area contributed by atoms with Crippen LogP contribution in [0, 0.1) is 5.92 Å². The predicted molar refractivity (Wildman–Crippen MR) is 72.6 cm³/mol. The smallest absolute Gasteiger partial charge is 0.243 e. The maximum Gasteiger partial charge on any atom is 0.243 e. The van der Waals surface area contributed by atoms with Crippen molar-refractivity contribution in [2.45, 2.75) is 39.7 Å². The highest BCUT2D eigenvalue weighted by atomic mass is 35.5. The Morgan fingerprint density at radius 1 is 1.47 bits per heavy atom. The topological polar surface area (TPSA) is 80.9 Å². The van der Waals surface area contributed by atoms with E-state index in [-0.39, 0.29) is 24.2 Å². The van der Waals surface area contributed by atoms with Gasteiger partial charge in [-0.05, 0) is 12.3 Å². The molecule has 1 unspecified atom stereocenters. The summed E-state index contributed by atoms with van der Waals surface area (Å²) in [4.78, 5) is 11.6. The van der Waals surface area contributed by atoms with Gasteiger partial charge in [-0.3, -0.25) is 10.1 Å². The Balaban J connectivity index is 0.00000256. The first-order valence-electron chi connectivity index (χ1n) is 5.43. The number of carbonyl (C=O) groups is 1. The largest absolute Gasteiger partial charge is 0.320 e. The second-order valence-electron chi connectivity index (χ2n) is 4.01. The van der Waals surface area contributed by atoms with Gasteiger partial charge in [-0.15, -0.1) is 22.6 Å². The second-order valence-corrected chi connectivity index (χ2v) is 5.07. The zero-order valence-corrected chi connectivity index (χ0v) is 11.9. The molecular weight excluding hydrogens is 260 g/mol. The van der Waals surface area contributed by atoms with Crippen LogP contribution in [0.4, 0.5) is 5.13 Å². The molecule has 0 fully saturated rings. The van der Waals surface area contributed by atoms with Crippen LogP contribution in [0.1, 0.15) is 32.2 Å². The molecule has 0 bridgehead atoms. The van der Waals surface area contributed by atoms with Gasteiger partial charge < -0.3 is 5.73 Å². The minimum atomic E-state index is -0.501. The Labute approximate surface area is 112 Å². The summed E-state index contributed by atoms with van der Waals surface area (Å²) in [5.74, 6) is -0.0859. The van der Waals surface area contributed by atoms with Crippen molar-refractivity contribution in [3.8, 4) is 0 Å². The average Bonchev–Trinajstić information content (AvgIpc) is 2.65. The maximum atomic E-state index is 11.6. The lowest BCUT2D eigenvalue weighted by atomic mass is 10.1. The highest BCUT2D eigenvalue weighted by Crippen LogP contribution is 2.16.